The largest absolute Gasteiger partial charge is 0.478 e. The quantitative estimate of drug-likeness (QED) is 0.808. The van der Waals surface area contributed by atoms with Gasteiger partial charge in [-0.25, -0.2) is 4.79 Å². The van der Waals surface area contributed by atoms with Gasteiger partial charge in [0.15, 0.2) is 0 Å². The molecule has 21 heavy (non-hydrogen) atoms. The molecule has 1 aliphatic rings. The van der Waals surface area contributed by atoms with E-state index in [2.05, 4.69) is 4.98 Å². The number of rotatable bonds is 4. The molecule has 1 aromatic rings. The molecule has 2 heterocycles. The van der Waals surface area contributed by atoms with Crippen molar-refractivity contribution in [2.45, 2.75) is 12.8 Å². The summed E-state index contributed by atoms with van der Waals surface area (Å²) >= 11 is 0. The Hall–Kier alpha value is -2.21. The second-order valence-corrected chi connectivity index (χ2v) is 5.03. The summed E-state index contributed by atoms with van der Waals surface area (Å²) in [7, 11) is 0. The van der Waals surface area contributed by atoms with E-state index in [1.54, 1.807) is 17.0 Å². The van der Waals surface area contributed by atoms with Gasteiger partial charge < -0.3 is 15.1 Å². The molecule has 6 nitrogen and oxygen atoms in total. The summed E-state index contributed by atoms with van der Waals surface area (Å²) in [5, 5.41) is 17.8. The first kappa shape index (κ1) is 15.2. The molecule has 6 heteroatoms. The second kappa shape index (κ2) is 6.99. The van der Waals surface area contributed by atoms with Crippen LogP contribution in [0.25, 0.3) is 6.08 Å². The molecule has 1 aromatic heterocycles. The number of piperidine rings is 1. The van der Waals surface area contributed by atoms with E-state index in [0.717, 1.165) is 18.9 Å². The highest BCUT2D eigenvalue weighted by molar-refractivity contribution is 5.97. The Bertz CT molecular complexity index is 548. The minimum atomic E-state index is -1.07. The zero-order valence-electron chi connectivity index (χ0n) is 11.6. The van der Waals surface area contributed by atoms with Crippen LogP contribution in [-0.2, 0) is 4.79 Å². The number of pyridine rings is 1. The molecular formula is C15H18N2O4. The van der Waals surface area contributed by atoms with Crippen molar-refractivity contribution in [2.24, 2.45) is 5.92 Å². The number of carboxylic acid groups (broad SMARTS) is 1. The van der Waals surface area contributed by atoms with Crippen molar-refractivity contribution in [1.82, 2.24) is 9.88 Å². The Labute approximate surface area is 122 Å². The van der Waals surface area contributed by atoms with Crippen LogP contribution in [0.3, 0.4) is 0 Å². The van der Waals surface area contributed by atoms with E-state index in [1.807, 2.05) is 0 Å². The van der Waals surface area contributed by atoms with Crippen molar-refractivity contribution >= 4 is 18.0 Å². The molecule has 0 aliphatic carbocycles. The van der Waals surface area contributed by atoms with Gasteiger partial charge in [-0.15, -0.1) is 0 Å². The summed E-state index contributed by atoms with van der Waals surface area (Å²) in [5.74, 6) is -1.01. The highest BCUT2D eigenvalue weighted by Crippen LogP contribution is 2.19. The van der Waals surface area contributed by atoms with Crippen LogP contribution in [0.2, 0.25) is 0 Å². The molecular weight excluding hydrogens is 272 g/mol. The Morgan fingerprint density at radius 3 is 2.71 bits per heavy atom. The SMILES string of the molecule is O=C(O)/C=C/c1cccnc1C(=O)N1CCC(CO)CC1. The van der Waals surface area contributed by atoms with Crippen LogP contribution in [0.5, 0.6) is 0 Å². The van der Waals surface area contributed by atoms with Crippen LogP contribution < -0.4 is 0 Å². The Balaban J connectivity index is 2.14. The van der Waals surface area contributed by atoms with Gasteiger partial charge in [0.1, 0.15) is 5.69 Å². The molecule has 1 saturated heterocycles. The van der Waals surface area contributed by atoms with Crippen LogP contribution in [0.15, 0.2) is 24.4 Å². The number of hydrogen-bond acceptors (Lipinski definition) is 4. The van der Waals surface area contributed by atoms with Crippen molar-refractivity contribution in [3.05, 3.63) is 35.7 Å². The third kappa shape index (κ3) is 3.88. The van der Waals surface area contributed by atoms with Crippen LogP contribution in [0.1, 0.15) is 28.9 Å². The number of amides is 1. The van der Waals surface area contributed by atoms with E-state index < -0.39 is 5.97 Å². The van der Waals surface area contributed by atoms with Gasteiger partial charge in [-0.3, -0.25) is 9.78 Å². The summed E-state index contributed by atoms with van der Waals surface area (Å²) in [6, 6.07) is 3.33. The van der Waals surface area contributed by atoms with Crippen LogP contribution in [0.4, 0.5) is 0 Å². The second-order valence-electron chi connectivity index (χ2n) is 5.03. The molecule has 0 aromatic carbocycles. The number of carbonyl (C=O) groups is 2. The van der Waals surface area contributed by atoms with Crippen molar-refractivity contribution in [3.63, 3.8) is 0 Å². The average molecular weight is 290 g/mol. The highest BCUT2D eigenvalue weighted by Gasteiger charge is 2.24. The highest BCUT2D eigenvalue weighted by atomic mass is 16.4. The minimum absolute atomic E-state index is 0.151. The van der Waals surface area contributed by atoms with Gasteiger partial charge in [-0.2, -0.15) is 0 Å². The van der Waals surface area contributed by atoms with E-state index >= 15 is 0 Å². The Kier molecular flexibility index (Phi) is 5.05. The molecule has 2 rings (SSSR count). The molecule has 1 amide bonds. The molecule has 112 valence electrons. The minimum Gasteiger partial charge on any atom is -0.478 e. The number of nitrogens with zero attached hydrogens (tertiary/aromatic N) is 2. The molecule has 0 saturated carbocycles. The van der Waals surface area contributed by atoms with Crippen molar-refractivity contribution < 1.29 is 19.8 Å². The van der Waals surface area contributed by atoms with Crippen molar-refractivity contribution in [1.29, 1.82) is 0 Å². The lowest BCUT2D eigenvalue weighted by Gasteiger charge is -2.31. The Morgan fingerprint density at radius 1 is 1.38 bits per heavy atom. The fourth-order valence-electron chi connectivity index (χ4n) is 2.36. The van der Waals surface area contributed by atoms with Crippen LogP contribution in [-0.4, -0.2) is 51.7 Å². The maximum absolute atomic E-state index is 12.5. The number of likely N-dealkylation sites (tertiary alicyclic amines) is 1. The number of aliphatic carboxylic acids is 1. The number of carboxylic acids is 1. The summed E-state index contributed by atoms with van der Waals surface area (Å²) < 4.78 is 0. The fraction of sp³-hybridized carbons (Fsp3) is 0.400. The maximum Gasteiger partial charge on any atom is 0.328 e. The first-order chi connectivity index (χ1) is 10.1. The van der Waals surface area contributed by atoms with Gasteiger partial charge in [-0.05, 0) is 30.9 Å². The van der Waals surface area contributed by atoms with Gasteiger partial charge in [-0.1, -0.05) is 6.07 Å². The third-order valence-corrected chi connectivity index (χ3v) is 3.61. The lowest BCUT2D eigenvalue weighted by molar-refractivity contribution is -0.131. The third-order valence-electron chi connectivity index (χ3n) is 3.61. The van der Waals surface area contributed by atoms with E-state index in [9.17, 15) is 9.59 Å². The standard InChI is InChI=1S/C15H18N2O4/c18-10-11-5-8-17(9-6-11)15(21)14-12(2-1-7-16-14)3-4-13(19)20/h1-4,7,11,18H,5-6,8-10H2,(H,19,20)/b4-3+. The smallest absolute Gasteiger partial charge is 0.328 e. The zero-order valence-corrected chi connectivity index (χ0v) is 11.6. The van der Waals surface area contributed by atoms with E-state index in [-0.39, 0.29) is 24.1 Å². The number of aliphatic hydroxyl groups is 1. The summed E-state index contributed by atoms with van der Waals surface area (Å²) in [5.41, 5.74) is 0.756. The molecule has 0 spiro atoms. The van der Waals surface area contributed by atoms with E-state index in [4.69, 9.17) is 10.2 Å². The molecule has 0 atom stereocenters. The number of hydrogen-bond donors (Lipinski definition) is 2. The van der Waals surface area contributed by atoms with E-state index in [1.165, 1.54) is 12.3 Å². The normalized spacial score (nSPS) is 16.3. The average Bonchev–Trinajstić information content (AvgIpc) is 2.52. The van der Waals surface area contributed by atoms with Gasteiger partial charge >= 0.3 is 5.97 Å². The maximum atomic E-state index is 12.5. The topological polar surface area (TPSA) is 90.7 Å². The first-order valence-electron chi connectivity index (χ1n) is 6.88. The molecule has 1 aliphatic heterocycles. The van der Waals surface area contributed by atoms with Crippen LogP contribution in [0, 0.1) is 5.92 Å². The van der Waals surface area contributed by atoms with Crippen molar-refractivity contribution in [3.8, 4) is 0 Å². The number of carbonyl (C=O) groups excluding carboxylic acids is 1. The number of aliphatic hydroxyl groups excluding tert-OH is 1. The molecule has 0 unspecified atom stereocenters. The zero-order chi connectivity index (χ0) is 15.2. The fourth-order valence-corrected chi connectivity index (χ4v) is 2.36. The summed E-state index contributed by atoms with van der Waals surface area (Å²) in [6.45, 7) is 1.32. The monoisotopic (exact) mass is 290 g/mol. The van der Waals surface area contributed by atoms with Gasteiger partial charge in [0, 0.05) is 37.5 Å². The predicted molar refractivity (Wildman–Crippen MR) is 76.6 cm³/mol. The molecule has 0 radical (unpaired) electrons. The lowest BCUT2D eigenvalue weighted by Crippen LogP contribution is -2.39. The summed E-state index contributed by atoms with van der Waals surface area (Å²) in [4.78, 5) is 28.9. The number of aromatic nitrogens is 1. The van der Waals surface area contributed by atoms with Gasteiger partial charge in [0.05, 0.1) is 0 Å². The molecule has 1 fully saturated rings. The Morgan fingerprint density at radius 2 is 2.10 bits per heavy atom. The molecule has 0 bridgehead atoms. The lowest BCUT2D eigenvalue weighted by atomic mass is 9.97. The van der Waals surface area contributed by atoms with Gasteiger partial charge in [0.25, 0.3) is 5.91 Å². The predicted octanol–water partition coefficient (Wildman–Crippen LogP) is 1.02. The molecule has 2 N–H and O–H groups in total. The van der Waals surface area contributed by atoms with Crippen molar-refractivity contribution in [2.75, 3.05) is 19.7 Å². The van der Waals surface area contributed by atoms with Crippen LogP contribution >= 0.6 is 0 Å². The van der Waals surface area contributed by atoms with E-state index in [0.29, 0.717) is 18.7 Å². The summed E-state index contributed by atoms with van der Waals surface area (Å²) in [6.07, 6.45) is 5.44. The van der Waals surface area contributed by atoms with Gasteiger partial charge in [0.2, 0.25) is 0 Å². The first-order valence-corrected chi connectivity index (χ1v) is 6.88.